The maximum atomic E-state index is 11.1. The quantitative estimate of drug-likeness (QED) is 0.443. The van der Waals surface area contributed by atoms with E-state index < -0.39 is 0 Å². The summed E-state index contributed by atoms with van der Waals surface area (Å²) in [7, 11) is 0. The molecule has 0 heterocycles. The maximum Gasteiger partial charge on any atom is 0.336 e. The maximum absolute atomic E-state index is 11.1. The van der Waals surface area contributed by atoms with Crippen molar-refractivity contribution in [2.24, 2.45) is 0 Å². The average Bonchev–Trinajstić information content (AvgIpc) is 2.28. The van der Waals surface area contributed by atoms with Crippen molar-refractivity contribution in [1.29, 1.82) is 0 Å². The fourth-order valence-electron chi connectivity index (χ4n) is 1.10. The van der Waals surface area contributed by atoms with Crippen molar-refractivity contribution in [2.75, 3.05) is 0 Å². The summed E-state index contributed by atoms with van der Waals surface area (Å²) < 4.78 is 4.60. The zero-order valence-corrected chi connectivity index (χ0v) is 10.00. The molecule has 0 aliphatic heterocycles. The van der Waals surface area contributed by atoms with Crippen LogP contribution in [0.5, 0.6) is 0 Å². The van der Waals surface area contributed by atoms with Crippen LogP contribution in [0.1, 0.15) is 12.5 Å². The van der Waals surface area contributed by atoms with E-state index >= 15 is 0 Å². The Hall–Kier alpha value is -1.48. The molecule has 3 heteroatoms. The van der Waals surface area contributed by atoms with Crippen LogP contribution in [0.2, 0.25) is 0 Å². The van der Waals surface area contributed by atoms with Gasteiger partial charge < -0.3 is 4.74 Å². The molecule has 0 aromatic heterocycles. The van der Waals surface area contributed by atoms with E-state index in [2.05, 4.69) is 23.4 Å². The van der Waals surface area contributed by atoms with Crippen molar-refractivity contribution in [3.05, 3.63) is 59.7 Å². The van der Waals surface area contributed by atoms with Gasteiger partial charge in [0.1, 0.15) is 0 Å². The third-order valence-electron chi connectivity index (χ3n) is 1.83. The summed E-state index contributed by atoms with van der Waals surface area (Å²) in [4.78, 5) is 12.0. The second-order valence-electron chi connectivity index (χ2n) is 3.13. The number of esters is 1. The van der Waals surface area contributed by atoms with Crippen molar-refractivity contribution in [1.82, 2.24) is 0 Å². The van der Waals surface area contributed by atoms with E-state index in [4.69, 9.17) is 0 Å². The van der Waals surface area contributed by atoms with Crippen LogP contribution in [-0.2, 0) is 15.3 Å². The van der Waals surface area contributed by atoms with Gasteiger partial charge in [-0.3, -0.25) is 0 Å². The van der Waals surface area contributed by atoms with Gasteiger partial charge in [-0.05, 0) is 17.4 Å². The van der Waals surface area contributed by atoms with Crippen LogP contribution in [0.15, 0.2) is 54.2 Å². The highest BCUT2D eigenvalue weighted by Crippen LogP contribution is 2.20. The number of allylic oxidation sites excluding steroid dienone is 1. The molecule has 0 saturated heterocycles. The van der Waals surface area contributed by atoms with Gasteiger partial charge in [0, 0.05) is 11.8 Å². The molecule has 0 amide bonds. The van der Waals surface area contributed by atoms with Gasteiger partial charge in [0.15, 0.2) is 0 Å². The van der Waals surface area contributed by atoms with Gasteiger partial charge in [-0.15, -0.1) is 11.8 Å². The predicted octanol–water partition coefficient (Wildman–Crippen LogP) is 3.51. The normalized spacial score (nSPS) is 10.9. The van der Waals surface area contributed by atoms with Crippen LogP contribution in [0.3, 0.4) is 0 Å². The lowest BCUT2D eigenvalue weighted by atomic mass is 10.2. The number of ether oxygens (including phenoxy) is 1. The number of carbonyl (C=O) groups excluding carboxylic acids is 1. The van der Waals surface area contributed by atoms with Crippen LogP contribution in [0, 0.1) is 0 Å². The monoisotopic (exact) mass is 234 g/mol. The van der Waals surface area contributed by atoms with Gasteiger partial charge in [0.25, 0.3) is 0 Å². The SMILES string of the molecule is C=COC(=O)C=C(C)SCc1ccccc1. The first-order valence-corrected chi connectivity index (χ1v) is 5.87. The average molecular weight is 234 g/mol. The molecule has 0 N–H and O–H groups in total. The summed E-state index contributed by atoms with van der Waals surface area (Å²) in [5, 5.41) is 0. The number of hydrogen-bond donors (Lipinski definition) is 0. The second-order valence-corrected chi connectivity index (χ2v) is 4.35. The second kappa shape index (κ2) is 6.90. The Morgan fingerprint density at radius 3 is 2.75 bits per heavy atom. The lowest BCUT2D eigenvalue weighted by Crippen LogP contribution is -1.94. The molecule has 0 unspecified atom stereocenters. The molecule has 2 nitrogen and oxygen atoms in total. The molecule has 1 aromatic carbocycles. The minimum Gasteiger partial charge on any atom is -0.432 e. The summed E-state index contributed by atoms with van der Waals surface area (Å²) in [6.07, 6.45) is 2.60. The summed E-state index contributed by atoms with van der Waals surface area (Å²) in [6, 6.07) is 10.1. The summed E-state index contributed by atoms with van der Waals surface area (Å²) >= 11 is 1.61. The Labute approximate surface area is 100 Å². The van der Waals surface area contributed by atoms with Crippen LogP contribution in [-0.4, -0.2) is 5.97 Å². The fraction of sp³-hybridized carbons (Fsp3) is 0.154. The summed E-state index contributed by atoms with van der Waals surface area (Å²) in [6.45, 7) is 5.21. The lowest BCUT2D eigenvalue weighted by Gasteiger charge is -2.01. The third kappa shape index (κ3) is 4.84. The minimum absolute atomic E-state index is 0.381. The number of hydrogen-bond acceptors (Lipinski definition) is 3. The van der Waals surface area contributed by atoms with Crippen molar-refractivity contribution in [2.45, 2.75) is 12.7 Å². The van der Waals surface area contributed by atoms with Gasteiger partial charge in [0.05, 0.1) is 6.26 Å². The highest BCUT2D eigenvalue weighted by Gasteiger charge is 1.98. The Bertz CT molecular complexity index is 382. The fourth-order valence-corrected chi connectivity index (χ4v) is 1.86. The number of benzene rings is 1. The molecule has 84 valence electrons. The van der Waals surface area contributed by atoms with Crippen LogP contribution >= 0.6 is 11.8 Å². The first kappa shape index (κ1) is 12.6. The van der Waals surface area contributed by atoms with E-state index in [-0.39, 0.29) is 5.97 Å². The molecule has 0 saturated carbocycles. The molecular weight excluding hydrogens is 220 g/mol. The Morgan fingerprint density at radius 2 is 2.12 bits per heavy atom. The molecule has 0 aliphatic rings. The molecule has 0 radical (unpaired) electrons. The largest absolute Gasteiger partial charge is 0.432 e. The highest BCUT2D eigenvalue weighted by atomic mass is 32.2. The van der Waals surface area contributed by atoms with Crippen molar-refractivity contribution in [3.8, 4) is 0 Å². The number of rotatable bonds is 5. The molecule has 16 heavy (non-hydrogen) atoms. The van der Waals surface area contributed by atoms with Gasteiger partial charge >= 0.3 is 5.97 Å². The van der Waals surface area contributed by atoms with E-state index in [1.165, 1.54) is 11.6 Å². The first-order valence-electron chi connectivity index (χ1n) is 4.89. The van der Waals surface area contributed by atoms with Gasteiger partial charge in [-0.2, -0.15) is 0 Å². The van der Waals surface area contributed by atoms with Crippen molar-refractivity contribution >= 4 is 17.7 Å². The van der Waals surface area contributed by atoms with E-state index in [1.807, 2.05) is 25.1 Å². The smallest absolute Gasteiger partial charge is 0.336 e. The molecule has 0 spiro atoms. The molecule has 0 atom stereocenters. The zero-order valence-electron chi connectivity index (χ0n) is 9.18. The Balaban J connectivity index is 2.43. The summed E-state index contributed by atoms with van der Waals surface area (Å²) in [5.41, 5.74) is 1.23. The molecule has 0 fully saturated rings. The van der Waals surface area contributed by atoms with E-state index in [1.54, 1.807) is 11.8 Å². The van der Waals surface area contributed by atoms with Crippen LogP contribution < -0.4 is 0 Å². The number of carbonyl (C=O) groups is 1. The van der Waals surface area contributed by atoms with Crippen molar-refractivity contribution < 1.29 is 9.53 Å². The predicted molar refractivity (Wildman–Crippen MR) is 67.8 cm³/mol. The molecule has 0 bridgehead atoms. The lowest BCUT2D eigenvalue weighted by molar-refractivity contribution is -0.132. The first-order chi connectivity index (χ1) is 7.72. The van der Waals surface area contributed by atoms with E-state index in [0.29, 0.717) is 0 Å². The summed E-state index contributed by atoms with van der Waals surface area (Å²) in [5.74, 6) is 0.470. The molecule has 1 aromatic rings. The van der Waals surface area contributed by atoms with Crippen LogP contribution in [0.25, 0.3) is 0 Å². The number of thioether (sulfide) groups is 1. The highest BCUT2D eigenvalue weighted by molar-refractivity contribution is 8.02. The minimum atomic E-state index is -0.381. The molecular formula is C13H14O2S. The Kier molecular flexibility index (Phi) is 5.43. The van der Waals surface area contributed by atoms with Gasteiger partial charge in [-0.25, -0.2) is 4.79 Å². The zero-order chi connectivity index (χ0) is 11.8. The third-order valence-corrected chi connectivity index (χ3v) is 2.88. The van der Waals surface area contributed by atoms with E-state index in [0.717, 1.165) is 16.9 Å². The van der Waals surface area contributed by atoms with E-state index in [9.17, 15) is 4.79 Å². The topological polar surface area (TPSA) is 26.3 Å². The van der Waals surface area contributed by atoms with Gasteiger partial charge in [-0.1, -0.05) is 36.9 Å². The van der Waals surface area contributed by atoms with Crippen molar-refractivity contribution in [3.63, 3.8) is 0 Å². The standard InChI is InChI=1S/C13H14O2S/c1-3-15-13(14)9-11(2)16-10-12-7-5-4-6-8-12/h3-9H,1,10H2,2H3. The molecule has 1 rings (SSSR count). The molecule has 0 aliphatic carbocycles. The van der Waals surface area contributed by atoms with Gasteiger partial charge in [0.2, 0.25) is 0 Å². The Morgan fingerprint density at radius 1 is 1.44 bits per heavy atom. The van der Waals surface area contributed by atoms with Crippen LogP contribution in [0.4, 0.5) is 0 Å².